The van der Waals surface area contributed by atoms with Crippen LogP contribution in [-0.2, 0) is 4.79 Å². The lowest BCUT2D eigenvalue weighted by Gasteiger charge is -2.29. The first-order valence-electron chi connectivity index (χ1n) is 8.91. The van der Waals surface area contributed by atoms with Gasteiger partial charge < -0.3 is 9.88 Å². The van der Waals surface area contributed by atoms with Crippen LogP contribution < -0.4 is 5.69 Å². The largest absolute Gasteiger partial charge is 0.345 e. The van der Waals surface area contributed by atoms with E-state index in [9.17, 15) is 9.59 Å². The minimum absolute atomic E-state index is 0.0864. The molecule has 5 nitrogen and oxygen atoms in total. The maximum Gasteiger partial charge on any atom is 0.326 e. The highest BCUT2D eigenvalue weighted by molar-refractivity contribution is 5.68. The Kier molecular flexibility index (Phi) is 4.44. The first kappa shape index (κ1) is 16.4. The third kappa shape index (κ3) is 3.20. The fraction of sp³-hybridized carbons (Fsp3) is 0.238. The van der Waals surface area contributed by atoms with E-state index in [-0.39, 0.29) is 11.7 Å². The number of hydrogen-bond acceptors (Lipinski definition) is 2. The molecule has 1 N–H and O–H groups in total. The second kappa shape index (κ2) is 7.04. The van der Waals surface area contributed by atoms with E-state index in [1.54, 1.807) is 9.47 Å². The predicted octanol–water partition coefficient (Wildman–Crippen LogP) is 3.30. The molecule has 5 heteroatoms. The number of aromatic amines is 1. The summed E-state index contributed by atoms with van der Waals surface area (Å²) in [6, 6.07) is 18.6. The Hall–Kier alpha value is -3.08. The molecule has 132 valence electrons. The van der Waals surface area contributed by atoms with E-state index in [0.29, 0.717) is 13.1 Å². The molecule has 1 aliphatic rings. The number of hydrogen-bond donors (Lipinski definition) is 1. The number of nitrogens with zero attached hydrogens (tertiary/aromatic N) is 2. The number of rotatable bonds is 4. The number of imidazole rings is 1. The van der Waals surface area contributed by atoms with Gasteiger partial charge in [-0.2, -0.15) is 0 Å². The number of aromatic nitrogens is 2. The maximum absolute atomic E-state index is 12.4. The summed E-state index contributed by atoms with van der Waals surface area (Å²) < 4.78 is 1.78. The molecule has 0 atom stereocenters. The summed E-state index contributed by atoms with van der Waals surface area (Å²) in [6.45, 7) is 1.40. The van der Waals surface area contributed by atoms with E-state index in [4.69, 9.17) is 0 Å². The highest BCUT2D eigenvalue weighted by atomic mass is 16.1. The molecule has 1 aliphatic heterocycles. The normalized spacial score (nSPS) is 15.2. The van der Waals surface area contributed by atoms with Gasteiger partial charge in [-0.05, 0) is 29.5 Å². The molecule has 0 unspecified atom stereocenters. The van der Waals surface area contributed by atoms with Crippen LogP contribution in [0.1, 0.15) is 18.9 Å². The number of carbonyl (C=O) groups excluding carboxylic acids is 1. The van der Waals surface area contributed by atoms with Gasteiger partial charge in [0.05, 0.1) is 5.69 Å². The van der Waals surface area contributed by atoms with Crippen LogP contribution in [0.4, 0.5) is 0 Å². The van der Waals surface area contributed by atoms with Crippen LogP contribution >= 0.6 is 0 Å². The highest BCUT2D eigenvalue weighted by Crippen LogP contribution is 2.25. The van der Waals surface area contributed by atoms with Gasteiger partial charge >= 0.3 is 5.69 Å². The van der Waals surface area contributed by atoms with Crippen LogP contribution in [0.15, 0.2) is 65.6 Å². The molecule has 1 fully saturated rings. The summed E-state index contributed by atoms with van der Waals surface area (Å²) >= 11 is 0. The lowest BCUT2D eigenvalue weighted by molar-refractivity contribution is -0.119. The van der Waals surface area contributed by atoms with Crippen LogP contribution in [-0.4, -0.2) is 34.0 Å². The van der Waals surface area contributed by atoms with Crippen molar-refractivity contribution in [2.24, 2.45) is 0 Å². The van der Waals surface area contributed by atoms with Gasteiger partial charge in [-0.3, -0.25) is 9.36 Å². The minimum atomic E-state index is -0.0864. The smallest absolute Gasteiger partial charge is 0.326 e. The minimum Gasteiger partial charge on any atom is -0.345 e. The van der Waals surface area contributed by atoms with E-state index >= 15 is 0 Å². The van der Waals surface area contributed by atoms with Gasteiger partial charge in [-0.25, -0.2) is 4.79 Å². The second-order valence-electron chi connectivity index (χ2n) is 6.70. The second-order valence-corrected chi connectivity index (χ2v) is 6.70. The molecule has 1 amide bonds. The quantitative estimate of drug-likeness (QED) is 0.736. The van der Waals surface area contributed by atoms with Gasteiger partial charge in [0.15, 0.2) is 0 Å². The van der Waals surface area contributed by atoms with Crippen molar-refractivity contribution in [1.29, 1.82) is 0 Å². The zero-order valence-electron chi connectivity index (χ0n) is 14.5. The van der Waals surface area contributed by atoms with Crippen molar-refractivity contribution in [2.45, 2.75) is 18.9 Å². The molecular formula is C21H21N3O2. The number of benzene rings is 2. The first-order chi connectivity index (χ1) is 12.7. The van der Waals surface area contributed by atoms with Crippen molar-refractivity contribution in [3.05, 3.63) is 71.3 Å². The van der Waals surface area contributed by atoms with Crippen LogP contribution in [0.5, 0.6) is 0 Å². The average Bonchev–Trinajstić information content (AvgIpc) is 3.10. The molecular weight excluding hydrogens is 326 g/mol. The van der Waals surface area contributed by atoms with Gasteiger partial charge in [-0.1, -0.05) is 54.6 Å². The molecule has 3 aromatic rings. The fourth-order valence-corrected chi connectivity index (χ4v) is 3.57. The number of likely N-dealkylation sites (tertiary alicyclic amines) is 1. The number of amides is 1. The van der Waals surface area contributed by atoms with E-state index in [2.05, 4.69) is 29.2 Å². The molecule has 4 rings (SSSR count). The predicted molar refractivity (Wildman–Crippen MR) is 102 cm³/mol. The lowest BCUT2D eigenvalue weighted by atomic mass is 10.0. The molecule has 2 aromatic carbocycles. The Labute approximate surface area is 151 Å². The Morgan fingerprint density at radius 3 is 2.15 bits per heavy atom. The summed E-state index contributed by atoms with van der Waals surface area (Å²) in [5, 5.41) is 0. The summed E-state index contributed by atoms with van der Waals surface area (Å²) in [6.07, 6.45) is 4.41. The molecule has 0 spiro atoms. The standard InChI is InChI=1S/C21H21N3O2/c25-15-23-12-10-19(11-13-23)24-14-20(22-21(24)26)18-8-6-17(7-9-18)16-4-2-1-3-5-16/h1-9,14-15,19H,10-13H2,(H,22,26). The van der Waals surface area contributed by atoms with Crippen LogP contribution in [0.3, 0.4) is 0 Å². The van der Waals surface area contributed by atoms with Gasteiger partial charge in [0, 0.05) is 25.3 Å². The molecule has 0 saturated carbocycles. The van der Waals surface area contributed by atoms with Gasteiger partial charge in [0.25, 0.3) is 0 Å². The van der Waals surface area contributed by atoms with E-state index in [0.717, 1.165) is 36.1 Å². The molecule has 26 heavy (non-hydrogen) atoms. The van der Waals surface area contributed by atoms with Crippen molar-refractivity contribution < 1.29 is 4.79 Å². The molecule has 2 heterocycles. The highest BCUT2D eigenvalue weighted by Gasteiger charge is 2.21. The third-order valence-electron chi connectivity index (χ3n) is 5.09. The van der Waals surface area contributed by atoms with Crippen molar-refractivity contribution in [2.75, 3.05) is 13.1 Å². The Balaban J connectivity index is 1.56. The van der Waals surface area contributed by atoms with E-state index in [1.807, 2.05) is 36.5 Å². The topological polar surface area (TPSA) is 58.1 Å². The van der Waals surface area contributed by atoms with Gasteiger partial charge in [0.1, 0.15) is 0 Å². The van der Waals surface area contributed by atoms with Gasteiger partial charge in [-0.15, -0.1) is 0 Å². The Morgan fingerprint density at radius 2 is 1.50 bits per heavy atom. The Morgan fingerprint density at radius 1 is 0.885 bits per heavy atom. The summed E-state index contributed by atoms with van der Waals surface area (Å²) in [5.74, 6) is 0. The molecule has 0 bridgehead atoms. The zero-order chi connectivity index (χ0) is 17.9. The SMILES string of the molecule is O=CN1CCC(n2cc(-c3ccc(-c4ccccc4)cc3)[nH]c2=O)CC1. The third-order valence-corrected chi connectivity index (χ3v) is 5.09. The van der Waals surface area contributed by atoms with Gasteiger partial charge in [0.2, 0.25) is 6.41 Å². The molecule has 0 radical (unpaired) electrons. The van der Waals surface area contributed by atoms with Crippen molar-refractivity contribution >= 4 is 6.41 Å². The number of nitrogens with one attached hydrogen (secondary N) is 1. The molecule has 0 aliphatic carbocycles. The number of carbonyl (C=O) groups is 1. The van der Waals surface area contributed by atoms with Crippen LogP contribution in [0, 0.1) is 0 Å². The number of H-pyrrole nitrogens is 1. The average molecular weight is 347 g/mol. The lowest BCUT2D eigenvalue weighted by Crippen LogP contribution is -2.35. The van der Waals surface area contributed by atoms with Crippen molar-refractivity contribution in [1.82, 2.24) is 14.5 Å². The van der Waals surface area contributed by atoms with Crippen LogP contribution in [0.2, 0.25) is 0 Å². The monoisotopic (exact) mass is 347 g/mol. The fourth-order valence-electron chi connectivity index (χ4n) is 3.57. The molecule has 1 saturated heterocycles. The first-order valence-corrected chi connectivity index (χ1v) is 8.91. The summed E-state index contributed by atoms with van der Waals surface area (Å²) in [5.41, 5.74) is 4.05. The van der Waals surface area contributed by atoms with Crippen molar-refractivity contribution in [3.8, 4) is 22.4 Å². The summed E-state index contributed by atoms with van der Waals surface area (Å²) in [4.78, 5) is 27.9. The zero-order valence-corrected chi connectivity index (χ0v) is 14.5. The summed E-state index contributed by atoms with van der Waals surface area (Å²) in [7, 11) is 0. The van der Waals surface area contributed by atoms with Crippen LogP contribution in [0.25, 0.3) is 22.4 Å². The van der Waals surface area contributed by atoms with E-state index < -0.39 is 0 Å². The maximum atomic E-state index is 12.4. The van der Waals surface area contributed by atoms with E-state index in [1.165, 1.54) is 5.56 Å². The Bertz CT molecular complexity index is 933. The van der Waals surface area contributed by atoms with Crippen molar-refractivity contribution in [3.63, 3.8) is 0 Å². The molecule has 1 aromatic heterocycles. The number of piperidine rings is 1.